The molecule has 0 aliphatic heterocycles. The first kappa shape index (κ1) is 15.5. The first-order valence-electron chi connectivity index (χ1n) is 3.34. The Morgan fingerprint density at radius 2 is 1.69 bits per heavy atom. The summed E-state index contributed by atoms with van der Waals surface area (Å²) in [5.41, 5.74) is 0. The summed E-state index contributed by atoms with van der Waals surface area (Å²) in [6.07, 6.45) is 0. The molecule has 2 N–H and O–H groups in total. The van der Waals surface area contributed by atoms with E-state index in [2.05, 4.69) is 0 Å². The number of halogens is 3. The molecule has 0 rings (SSSR count). The Kier molecular flexibility index (Phi) is 10.3. The lowest BCUT2D eigenvalue weighted by Gasteiger charge is -2.04. The topological polar surface area (TPSA) is 57.5 Å². The lowest BCUT2D eigenvalue weighted by molar-refractivity contribution is -0.134. The fourth-order valence-electron chi connectivity index (χ4n) is 0.266. The van der Waals surface area contributed by atoms with E-state index in [0.29, 0.717) is 5.03 Å². The third-order valence-corrected chi connectivity index (χ3v) is 2.05. The summed E-state index contributed by atoms with van der Waals surface area (Å²) in [5, 5.41) is 16.2. The van der Waals surface area contributed by atoms with Crippen molar-refractivity contribution in [3.63, 3.8) is 0 Å². The average Bonchev–Trinajstić information content (AvgIpc) is 2.00. The molecule has 0 saturated carbocycles. The lowest BCUT2D eigenvalue weighted by Crippen LogP contribution is -2.00. The highest BCUT2D eigenvalue weighted by atomic mass is 35.5. The highest BCUT2D eigenvalue weighted by Gasteiger charge is 2.07. The number of carboxylic acids is 1. The fraction of sp³-hybridized carbons (Fsp3) is 0.571. The van der Waals surface area contributed by atoms with Crippen molar-refractivity contribution in [3.8, 4) is 0 Å². The van der Waals surface area contributed by atoms with E-state index < -0.39 is 5.97 Å². The van der Waals surface area contributed by atoms with Gasteiger partial charge in [-0.15, -0.1) is 0 Å². The number of aliphatic hydroxyl groups is 1. The Bertz CT molecular complexity index is 183. The van der Waals surface area contributed by atoms with Crippen molar-refractivity contribution in [2.45, 2.75) is 13.8 Å². The van der Waals surface area contributed by atoms with E-state index in [9.17, 15) is 0 Å². The van der Waals surface area contributed by atoms with Crippen LogP contribution in [-0.2, 0) is 4.79 Å². The second-order valence-corrected chi connectivity index (χ2v) is 3.57. The number of rotatable bonds is 2. The second kappa shape index (κ2) is 8.63. The molecule has 0 radical (unpaired) electrons. The molecule has 0 amide bonds. The average molecular weight is 250 g/mol. The third kappa shape index (κ3) is 12.0. The maximum atomic E-state index is 9.00. The minimum atomic E-state index is -0.833. The van der Waals surface area contributed by atoms with E-state index in [4.69, 9.17) is 49.8 Å². The minimum Gasteiger partial charge on any atom is -0.481 e. The molecule has 0 aromatic carbocycles. The Labute approximate surface area is 91.9 Å². The summed E-state index contributed by atoms with van der Waals surface area (Å²) in [5.74, 6) is -1.00. The summed E-state index contributed by atoms with van der Waals surface area (Å²) in [6, 6.07) is 0. The van der Waals surface area contributed by atoms with Gasteiger partial charge in [-0.05, 0) is 0 Å². The molecule has 0 heterocycles. The Balaban J connectivity index is 0. The van der Waals surface area contributed by atoms with Crippen molar-refractivity contribution in [2.75, 3.05) is 6.61 Å². The summed E-state index contributed by atoms with van der Waals surface area (Å²) in [4.78, 5) is 9.00. The lowest BCUT2D eigenvalue weighted by atomic mass is 10.2. The Hall–Kier alpha value is 0.0400. The monoisotopic (exact) mass is 248 g/mol. The number of aliphatic hydroxyl groups excluding tert-OH is 1. The van der Waals surface area contributed by atoms with E-state index in [0.717, 1.165) is 6.92 Å². The van der Waals surface area contributed by atoms with E-state index in [-0.39, 0.29) is 17.0 Å². The summed E-state index contributed by atoms with van der Waals surface area (Å²) < 4.78 is 0.0261. The standard InChI is InChI=1S/C5H7Cl3O.C2H4O2/c1-3(2-9)4(6)5(7)8;1-2(3)4/h3,9H,2H2,1H3;1H3,(H,3,4). The number of carboxylic acid groups (broad SMARTS) is 1. The van der Waals surface area contributed by atoms with Gasteiger partial charge in [0.25, 0.3) is 5.97 Å². The molecular weight excluding hydrogens is 238 g/mol. The van der Waals surface area contributed by atoms with Gasteiger partial charge < -0.3 is 10.2 Å². The molecule has 0 bridgehead atoms. The van der Waals surface area contributed by atoms with Crippen LogP contribution < -0.4 is 0 Å². The van der Waals surface area contributed by atoms with Crippen LogP contribution in [0.15, 0.2) is 9.52 Å². The van der Waals surface area contributed by atoms with Gasteiger partial charge in [-0.3, -0.25) is 4.79 Å². The van der Waals surface area contributed by atoms with Crippen molar-refractivity contribution in [3.05, 3.63) is 9.52 Å². The van der Waals surface area contributed by atoms with E-state index in [1.165, 1.54) is 0 Å². The van der Waals surface area contributed by atoms with Crippen LogP contribution in [0.25, 0.3) is 0 Å². The van der Waals surface area contributed by atoms with Crippen molar-refractivity contribution in [1.29, 1.82) is 0 Å². The molecule has 0 aromatic heterocycles. The molecule has 0 aromatic rings. The molecular formula is C7H11Cl3O3. The fourth-order valence-corrected chi connectivity index (χ4v) is 0.708. The van der Waals surface area contributed by atoms with Gasteiger partial charge in [0.05, 0.1) is 11.6 Å². The maximum Gasteiger partial charge on any atom is 0.300 e. The van der Waals surface area contributed by atoms with Crippen LogP contribution in [0, 0.1) is 5.92 Å². The summed E-state index contributed by atoms with van der Waals surface area (Å²) in [6.45, 7) is 2.77. The van der Waals surface area contributed by atoms with Gasteiger partial charge in [-0.1, -0.05) is 41.7 Å². The first-order chi connectivity index (χ1) is 5.82. The Morgan fingerprint density at radius 1 is 1.38 bits per heavy atom. The summed E-state index contributed by atoms with van der Waals surface area (Å²) >= 11 is 16.1. The van der Waals surface area contributed by atoms with Gasteiger partial charge in [0.2, 0.25) is 0 Å². The third-order valence-electron chi connectivity index (χ3n) is 0.887. The molecule has 0 saturated heterocycles. The van der Waals surface area contributed by atoms with Crippen molar-refractivity contribution in [1.82, 2.24) is 0 Å². The maximum absolute atomic E-state index is 9.00. The van der Waals surface area contributed by atoms with Gasteiger partial charge >= 0.3 is 0 Å². The molecule has 0 fully saturated rings. The van der Waals surface area contributed by atoms with Gasteiger partial charge in [0, 0.05) is 12.8 Å². The van der Waals surface area contributed by atoms with E-state index >= 15 is 0 Å². The molecule has 3 nitrogen and oxygen atoms in total. The largest absolute Gasteiger partial charge is 0.481 e. The highest BCUT2D eigenvalue weighted by Crippen LogP contribution is 2.24. The van der Waals surface area contributed by atoms with Gasteiger partial charge in [-0.2, -0.15) is 0 Å². The van der Waals surface area contributed by atoms with E-state index in [1.54, 1.807) is 6.92 Å². The predicted octanol–water partition coefficient (Wildman–Crippen LogP) is 2.59. The number of hydrogen-bond acceptors (Lipinski definition) is 2. The zero-order chi connectivity index (χ0) is 11.0. The molecule has 78 valence electrons. The molecule has 0 spiro atoms. The molecule has 0 aliphatic rings. The number of aliphatic carboxylic acids is 1. The van der Waals surface area contributed by atoms with Gasteiger partial charge in [0.15, 0.2) is 0 Å². The minimum absolute atomic E-state index is 0.0261. The first-order valence-corrected chi connectivity index (χ1v) is 4.47. The second-order valence-electron chi connectivity index (χ2n) is 2.21. The number of hydrogen-bond donors (Lipinski definition) is 2. The molecule has 1 atom stereocenters. The van der Waals surface area contributed by atoms with Gasteiger partial charge in [0.1, 0.15) is 4.49 Å². The van der Waals surface area contributed by atoms with Crippen LogP contribution >= 0.6 is 34.8 Å². The SMILES string of the molecule is CC(=O)O.CC(CO)C(Cl)=C(Cl)Cl. The summed E-state index contributed by atoms with van der Waals surface area (Å²) in [7, 11) is 0. The van der Waals surface area contributed by atoms with Crippen LogP contribution in [0.3, 0.4) is 0 Å². The zero-order valence-corrected chi connectivity index (χ0v) is 9.49. The van der Waals surface area contributed by atoms with Crippen LogP contribution in [0.5, 0.6) is 0 Å². The smallest absolute Gasteiger partial charge is 0.300 e. The number of carbonyl (C=O) groups is 1. The van der Waals surface area contributed by atoms with Crippen molar-refractivity contribution < 1.29 is 15.0 Å². The van der Waals surface area contributed by atoms with Crippen molar-refractivity contribution >= 4 is 40.8 Å². The molecule has 13 heavy (non-hydrogen) atoms. The van der Waals surface area contributed by atoms with Crippen LogP contribution in [0.4, 0.5) is 0 Å². The van der Waals surface area contributed by atoms with Crippen LogP contribution in [-0.4, -0.2) is 22.8 Å². The highest BCUT2D eigenvalue weighted by molar-refractivity contribution is 6.59. The van der Waals surface area contributed by atoms with Crippen molar-refractivity contribution in [2.24, 2.45) is 5.92 Å². The Morgan fingerprint density at radius 3 is 1.77 bits per heavy atom. The van der Waals surface area contributed by atoms with Crippen LogP contribution in [0.1, 0.15) is 13.8 Å². The predicted molar refractivity (Wildman–Crippen MR) is 54.1 cm³/mol. The molecule has 1 unspecified atom stereocenters. The normalized spacial score (nSPS) is 10.9. The quantitative estimate of drug-likeness (QED) is 0.791. The molecule has 6 heteroatoms. The van der Waals surface area contributed by atoms with Crippen LogP contribution in [0.2, 0.25) is 0 Å². The molecule has 0 aliphatic carbocycles. The van der Waals surface area contributed by atoms with Gasteiger partial charge in [-0.25, -0.2) is 0 Å². The zero-order valence-electron chi connectivity index (χ0n) is 7.22. The van der Waals surface area contributed by atoms with E-state index in [1.807, 2.05) is 0 Å².